The molecule has 0 aliphatic carbocycles. The van der Waals surface area contributed by atoms with Crippen LogP contribution in [0.25, 0.3) is 0 Å². The standard InChI is InChI=1S/C19H41O4P/c1-5-8-11-12-15-22-24(20,17-10-7-3)23-18-19(13-9-6-2)14-16-21-4/h19H,5-18H2,1-4H3. The second-order valence-electron chi connectivity index (χ2n) is 6.67. The summed E-state index contributed by atoms with van der Waals surface area (Å²) in [5.74, 6) is 0.406. The predicted octanol–water partition coefficient (Wildman–Crippen LogP) is 6.44. The molecule has 0 aliphatic heterocycles. The molecular formula is C19H41O4P. The van der Waals surface area contributed by atoms with Gasteiger partial charge in [0, 0.05) is 13.7 Å². The second-order valence-corrected chi connectivity index (χ2v) is 8.85. The van der Waals surface area contributed by atoms with Crippen molar-refractivity contribution < 1.29 is 18.3 Å². The summed E-state index contributed by atoms with van der Waals surface area (Å²) in [6.45, 7) is 8.30. The lowest BCUT2D eigenvalue weighted by atomic mass is 10.0. The van der Waals surface area contributed by atoms with Gasteiger partial charge in [-0.15, -0.1) is 0 Å². The quantitative estimate of drug-likeness (QED) is 0.207. The van der Waals surface area contributed by atoms with E-state index in [0.29, 0.717) is 25.3 Å². The third kappa shape index (κ3) is 13.4. The fraction of sp³-hybridized carbons (Fsp3) is 1.00. The third-order valence-electron chi connectivity index (χ3n) is 4.27. The van der Waals surface area contributed by atoms with Crippen molar-refractivity contribution in [2.75, 3.05) is 33.1 Å². The van der Waals surface area contributed by atoms with Crippen molar-refractivity contribution in [1.29, 1.82) is 0 Å². The first-order chi connectivity index (χ1) is 11.6. The monoisotopic (exact) mass is 364 g/mol. The Balaban J connectivity index is 4.39. The van der Waals surface area contributed by atoms with Gasteiger partial charge in [0.15, 0.2) is 0 Å². The summed E-state index contributed by atoms with van der Waals surface area (Å²) in [6, 6.07) is 0. The van der Waals surface area contributed by atoms with Crippen LogP contribution in [0, 0.1) is 5.92 Å². The van der Waals surface area contributed by atoms with Gasteiger partial charge in [-0.05, 0) is 31.6 Å². The Morgan fingerprint density at radius 3 is 2.12 bits per heavy atom. The van der Waals surface area contributed by atoms with Crippen LogP contribution in [0.2, 0.25) is 0 Å². The van der Waals surface area contributed by atoms with Crippen LogP contribution >= 0.6 is 7.60 Å². The molecule has 0 aromatic rings. The molecule has 2 unspecified atom stereocenters. The van der Waals surface area contributed by atoms with Gasteiger partial charge in [0.25, 0.3) is 0 Å². The van der Waals surface area contributed by atoms with Gasteiger partial charge in [-0.3, -0.25) is 4.57 Å². The molecule has 0 bridgehead atoms. The molecule has 24 heavy (non-hydrogen) atoms. The summed E-state index contributed by atoms with van der Waals surface area (Å²) in [6.07, 6.45) is 11.4. The van der Waals surface area contributed by atoms with E-state index >= 15 is 0 Å². The molecule has 0 radical (unpaired) electrons. The molecule has 4 nitrogen and oxygen atoms in total. The zero-order chi connectivity index (χ0) is 18.1. The van der Waals surface area contributed by atoms with E-state index in [2.05, 4.69) is 20.8 Å². The molecule has 0 spiro atoms. The minimum Gasteiger partial charge on any atom is -0.385 e. The third-order valence-corrected chi connectivity index (χ3v) is 6.26. The van der Waals surface area contributed by atoms with Gasteiger partial charge in [0.05, 0.1) is 19.4 Å². The normalized spacial score (nSPS) is 15.3. The molecule has 0 rings (SSSR count). The van der Waals surface area contributed by atoms with Crippen molar-refractivity contribution in [3.05, 3.63) is 0 Å². The van der Waals surface area contributed by atoms with Gasteiger partial charge in [-0.1, -0.05) is 59.3 Å². The number of rotatable bonds is 18. The Hall–Kier alpha value is 0.110. The zero-order valence-electron chi connectivity index (χ0n) is 16.6. The summed E-state index contributed by atoms with van der Waals surface area (Å²) in [7, 11) is -1.22. The molecule has 0 N–H and O–H groups in total. The maximum Gasteiger partial charge on any atom is 0.330 e. The van der Waals surface area contributed by atoms with E-state index in [1.165, 1.54) is 25.7 Å². The van der Waals surface area contributed by atoms with Gasteiger partial charge in [0.2, 0.25) is 0 Å². The van der Waals surface area contributed by atoms with E-state index in [0.717, 1.165) is 45.1 Å². The molecule has 0 aromatic carbocycles. The molecule has 5 heteroatoms. The van der Waals surface area contributed by atoms with Crippen LogP contribution < -0.4 is 0 Å². The lowest BCUT2D eigenvalue weighted by Crippen LogP contribution is -2.13. The molecule has 0 fully saturated rings. The second kappa shape index (κ2) is 16.6. The van der Waals surface area contributed by atoms with E-state index in [1.807, 2.05) is 0 Å². The van der Waals surface area contributed by atoms with Gasteiger partial charge in [0.1, 0.15) is 0 Å². The first-order valence-electron chi connectivity index (χ1n) is 9.98. The number of methoxy groups -OCH3 is 1. The van der Waals surface area contributed by atoms with E-state index < -0.39 is 7.60 Å². The highest BCUT2D eigenvalue weighted by atomic mass is 31.2. The molecular weight excluding hydrogens is 323 g/mol. The average Bonchev–Trinajstić information content (AvgIpc) is 2.59. The largest absolute Gasteiger partial charge is 0.385 e. The Morgan fingerprint density at radius 1 is 0.792 bits per heavy atom. The number of hydrogen-bond donors (Lipinski definition) is 0. The summed E-state index contributed by atoms with van der Waals surface area (Å²) >= 11 is 0. The molecule has 0 aliphatic rings. The molecule has 0 saturated carbocycles. The van der Waals surface area contributed by atoms with Crippen LogP contribution in [0.3, 0.4) is 0 Å². The fourth-order valence-electron chi connectivity index (χ4n) is 2.56. The lowest BCUT2D eigenvalue weighted by Gasteiger charge is -2.22. The van der Waals surface area contributed by atoms with Crippen LogP contribution in [0.5, 0.6) is 0 Å². The average molecular weight is 365 g/mol. The number of ether oxygens (including phenoxy) is 1. The number of hydrogen-bond acceptors (Lipinski definition) is 4. The summed E-state index contributed by atoms with van der Waals surface area (Å²) in [5.41, 5.74) is 0. The highest BCUT2D eigenvalue weighted by molar-refractivity contribution is 7.53. The fourth-order valence-corrected chi connectivity index (χ4v) is 4.44. The van der Waals surface area contributed by atoms with E-state index in [-0.39, 0.29) is 0 Å². The highest BCUT2D eigenvalue weighted by Crippen LogP contribution is 2.49. The van der Waals surface area contributed by atoms with Gasteiger partial charge in [-0.25, -0.2) is 0 Å². The molecule has 0 heterocycles. The Morgan fingerprint density at radius 2 is 1.50 bits per heavy atom. The van der Waals surface area contributed by atoms with Crippen LogP contribution in [-0.4, -0.2) is 33.1 Å². The summed E-state index contributed by atoms with van der Waals surface area (Å²) in [5, 5.41) is 0. The van der Waals surface area contributed by atoms with Crippen LogP contribution in [0.15, 0.2) is 0 Å². The Bertz CT molecular complexity index is 302. The maximum atomic E-state index is 13.0. The summed E-state index contributed by atoms with van der Waals surface area (Å²) < 4.78 is 29.8. The van der Waals surface area contributed by atoms with Crippen LogP contribution in [0.1, 0.15) is 85.0 Å². The SMILES string of the molecule is CCCCCCOP(=O)(CCCC)OCC(CCCC)CCOC. The lowest BCUT2D eigenvalue weighted by molar-refractivity contribution is 0.134. The smallest absolute Gasteiger partial charge is 0.330 e. The highest BCUT2D eigenvalue weighted by Gasteiger charge is 2.25. The Labute approximate surface area is 150 Å². The van der Waals surface area contributed by atoms with Crippen LogP contribution in [-0.2, 0) is 18.3 Å². The van der Waals surface area contributed by atoms with E-state index in [4.69, 9.17) is 13.8 Å². The minimum atomic E-state index is -2.94. The zero-order valence-corrected chi connectivity index (χ0v) is 17.5. The van der Waals surface area contributed by atoms with Crippen molar-refractivity contribution in [1.82, 2.24) is 0 Å². The van der Waals surface area contributed by atoms with Crippen molar-refractivity contribution in [2.45, 2.75) is 85.0 Å². The van der Waals surface area contributed by atoms with Gasteiger partial charge >= 0.3 is 7.60 Å². The maximum absolute atomic E-state index is 13.0. The van der Waals surface area contributed by atoms with E-state index in [1.54, 1.807) is 7.11 Å². The first kappa shape index (κ1) is 24.1. The summed E-state index contributed by atoms with van der Waals surface area (Å²) in [4.78, 5) is 0. The minimum absolute atomic E-state index is 0.406. The molecule has 0 saturated heterocycles. The molecule has 2 atom stereocenters. The van der Waals surface area contributed by atoms with Crippen molar-refractivity contribution >= 4 is 7.60 Å². The molecule has 146 valence electrons. The van der Waals surface area contributed by atoms with Crippen molar-refractivity contribution in [3.8, 4) is 0 Å². The number of unbranched alkanes of at least 4 members (excludes halogenated alkanes) is 5. The molecule has 0 aromatic heterocycles. The van der Waals surface area contributed by atoms with E-state index in [9.17, 15) is 4.57 Å². The predicted molar refractivity (Wildman–Crippen MR) is 103 cm³/mol. The van der Waals surface area contributed by atoms with Gasteiger partial charge in [-0.2, -0.15) is 0 Å². The topological polar surface area (TPSA) is 44.8 Å². The van der Waals surface area contributed by atoms with Gasteiger partial charge < -0.3 is 13.8 Å². The first-order valence-corrected chi connectivity index (χ1v) is 11.7. The van der Waals surface area contributed by atoms with Crippen molar-refractivity contribution in [3.63, 3.8) is 0 Å². The van der Waals surface area contributed by atoms with Crippen LogP contribution in [0.4, 0.5) is 0 Å². The van der Waals surface area contributed by atoms with Crippen molar-refractivity contribution in [2.24, 2.45) is 5.92 Å². The molecule has 0 amide bonds. The Kier molecular flexibility index (Phi) is 16.6.